The van der Waals surface area contributed by atoms with Crippen molar-refractivity contribution in [3.8, 4) is 0 Å². The van der Waals surface area contributed by atoms with Crippen molar-refractivity contribution in [1.82, 2.24) is 4.98 Å². The number of halogens is 4. The Morgan fingerprint density at radius 2 is 1.71 bits per heavy atom. The molecule has 2 N–H and O–H groups in total. The summed E-state index contributed by atoms with van der Waals surface area (Å²) in [6.45, 7) is 0.345. The summed E-state index contributed by atoms with van der Waals surface area (Å²) in [4.78, 5) is 16.5. The summed E-state index contributed by atoms with van der Waals surface area (Å²) in [7, 11) is -4.04. The third-order valence-corrected chi connectivity index (χ3v) is 10.7. The van der Waals surface area contributed by atoms with E-state index in [9.17, 15) is 31.5 Å². The molecule has 1 heterocycles. The molecule has 1 aromatic heterocycles. The first-order valence-corrected chi connectivity index (χ1v) is 15.3. The van der Waals surface area contributed by atoms with Gasteiger partial charge in [-0.15, -0.1) is 0 Å². The van der Waals surface area contributed by atoms with Crippen LogP contribution in [0.1, 0.15) is 41.6 Å². The van der Waals surface area contributed by atoms with Crippen LogP contribution >= 0.6 is 11.6 Å². The number of fused-ring (bicyclic) bond motifs is 2. The average Bonchev–Trinajstić information content (AvgIpc) is 3.25. The molecule has 0 aliphatic heterocycles. The number of nitrogens with one attached hydrogen (secondary N) is 1. The summed E-state index contributed by atoms with van der Waals surface area (Å²) in [5.41, 5.74) is -0.658. The monoisotopic (exact) mass is 620 g/mol. The normalized spacial score (nSPS) is 23.8. The maximum absolute atomic E-state index is 13.9. The first-order chi connectivity index (χ1) is 20.0. The van der Waals surface area contributed by atoms with Crippen LogP contribution in [0.2, 0.25) is 5.02 Å². The average molecular weight is 621 g/mol. The maximum Gasteiger partial charge on any atom is 0.255 e. The molecule has 222 valence electrons. The minimum atomic E-state index is -4.04. The summed E-state index contributed by atoms with van der Waals surface area (Å²) in [5, 5.41) is 12.6. The van der Waals surface area contributed by atoms with E-state index in [2.05, 4.69) is 10.3 Å². The lowest BCUT2D eigenvalue weighted by Crippen LogP contribution is -2.48. The molecule has 0 radical (unpaired) electrons. The van der Waals surface area contributed by atoms with Crippen LogP contribution in [0.15, 0.2) is 65.8 Å². The predicted molar refractivity (Wildman–Crippen MR) is 151 cm³/mol. The van der Waals surface area contributed by atoms with Crippen molar-refractivity contribution in [3.63, 3.8) is 0 Å². The van der Waals surface area contributed by atoms with Gasteiger partial charge >= 0.3 is 0 Å². The number of carbonyl (C=O) groups excluding carboxylic acids is 1. The van der Waals surface area contributed by atoms with Crippen LogP contribution in [0.4, 0.5) is 18.9 Å². The van der Waals surface area contributed by atoms with Crippen molar-refractivity contribution in [2.75, 3.05) is 18.5 Å². The second kappa shape index (κ2) is 12.2. The lowest BCUT2D eigenvalue weighted by atomic mass is 9.77. The molecule has 7 nitrogen and oxygen atoms in total. The molecule has 2 atom stereocenters. The minimum absolute atomic E-state index is 0.0639. The Balaban J connectivity index is 1.27. The number of pyridine rings is 1. The summed E-state index contributed by atoms with van der Waals surface area (Å²) in [6, 6.07) is 8.61. The van der Waals surface area contributed by atoms with E-state index in [1.54, 1.807) is 12.4 Å². The smallest absolute Gasteiger partial charge is 0.255 e. The molecular weight excluding hydrogens is 593 g/mol. The number of carbonyl (C=O) groups is 1. The topological polar surface area (TPSA) is 106 Å². The zero-order valence-corrected chi connectivity index (χ0v) is 23.8. The predicted octanol–water partition coefficient (Wildman–Crippen LogP) is 5.83. The number of nitrogens with zero attached hydrogens (tertiary/aromatic N) is 1. The highest BCUT2D eigenvalue weighted by atomic mass is 35.5. The van der Waals surface area contributed by atoms with E-state index in [0.29, 0.717) is 25.0 Å². The molecule has 0 spiro atoms. The zero-order chi connectivity index (χ0) is 30.1. The van der Waals surface area contributed by atoms with Crippen LogP contribution in [0.3, 0.4) is 0 Å². The first kappa shape index (κ1) is 30.2. The Bertz CT molecular complexity index is 1580. The molecule has 2 unspecified atom stereocenters. The van der Waals surface area contributed by atoms with Crippen molar-refractivity contribution in [3.05, 3.63) is 94.5 Å². The summed E-state index contributed by atoms with van der Waals surface area (Å²) >= 11 is 6.31. The van der Waals surface area contributed by atoms with Gasteiger partial charge in [0.1, 0.15) is 0 Å². The molecule has 2 aromatic carbocycles. The van der Waals surface area contributed by atoms with Gasteiger partial charge < -0.3 is 15.2 Å². The number of benzene rings is 2. The quantitative estimate of drug-likeness (QED) is 0.230. The first-order valence-electron chi connectivity index (χ1n) is 13.3. The van der Waals surface area contributed by atoms with Gasteiger partial charge in [0.2, 0.25) is 0 Å². The molecule has 5 rings (SSSR count). The number of amides is 1. The van der Waals surface area contributed by atoms with E-state index < -0.39 is 44.0 Å². The number of hydrogen-bond donors (Lipinski definition) is 2. The Morgan fingerprint density at radius 1 is 1.07 bits per heavy atom. The molecule has 42 heavy (non-hydrogen) atoms. The van der Waals surface area contributed by atoms with Gasteiger partial charge in [0, 0.05) is 35.8 Å². The second-order valence-corrected chi connectivity index (χ2v) is 13.3. The fourth-order valence-electron chi connectivity index (χ4n) is 6.08. The van der Waals surface area contributed by atoms with Crippen LogP contribution in [0.5, 0.6) is 0 Å². The summed E-state index contributed by atoms with van der Waals surface area (Å²) in [6.07, 6.45) is 8.77. The highest BCUT2D eigenvalue weighted by Crippen LogP contribution is 2.51. The van der Waals surface area contributed by atoms with E-state index in [1.165, 1.54) is 12.1 Å². The Labute approximate surface area is 246 Å². The fourth-order valence-corrected chi connectivity index (χ4v) is 8.92. The molecule has 2 fully saturated rings. The molecule has 2 saturated carbocycles. The largest absolute Gasteiger partial charge is 0.387 e. The zero-order valence-electron chi connectivity index (χ0n) is 22.3. The van der Waals surface area contributed by atoms with Gasteiger partial charge in [-0.25, -0.2) is 21.6 Å². The minimum Gasteiger partial charge on any atom is -0.387 e. The van der Waals surface area contributed by atoms with Crippen molar-refractivity contribution < 1.29 is 36.2 Å². The van der Waals surface area contributed by atoms with E-state index in [4.69, 9.17) is 16.3 Å². The van der Waals surface area contributed by atoms with E-state index in [-0.39, 0.29) is 59.1 Å². The lowest BCUT2D eigenvalue weighted by Gasteiger charge is -2.40. The third-order valence-electron chi connectivity index (χ3n) is 7.82. The second-order valence-electron chi connectivity index (χ2n) is 10.8. The Morgan fingerprint density at radius 3 is 2.36 bits per heavy atom. The van der Waals surface area contributed by atoms with Crippen molar-refractivity contribution in [2.24, 2.45) is 11.8 Å². The van der Waals surface area contributed by atoms with E-state index in [0.717, 1.165) is 11.6 Å². The molecule has 2 aliphatic rings. The molecule has 1 amide bonds. The van der Waals surface area contributed by atoms with Gasteiger partial charge in [0.05, 0.1) is 34.0 Å². The number of sulfone groups is 1. The van der Waals surface area contributed by atoms with Gasteiger partial charge in [0.25, 0.3) is 5.91 Å². The highest BCUT2D eigenvalue weighted by Gasteiger charge is 2.54. The number of rotatable bonds is 9. The summed E-state index contributed by atoms with van der Waals surface area (Å²) in [5.74, 6) is -6.17. The number of aliphatic hydroxyl groups is 1. The van der Waals surface area contributed by atoms with E-state index >= 15 is 0 Å². The van der Waals surface area contributed by atoms with Crippen LogP contribution < -0.4 is 5.32 Å². The SMILES string of the molecule is O=C(Nc1cc(F)c(F)c(F)c1)c1ccc(Cl)c(S(=O)(=O)C2C3CCC2CC(O)(COC/C=C/c2ccncc2)C3)c1. The Kier molecular flexibility index (Phi) is 8.75. The number of ether oxygens (including phenoxy) is 1. The van der Waals surface area contributed by atoms with Crippen LogP contribution in [-0.4, -0.2) is 48.5 Å². The lowest BCUT2D eigenvalue weighted by molar-refractivity contribution is -0.0777. The molecule has 2 aliphatic carbocycles. The number of aromatic nitrogens is 1. The van der Waals surface area contributed by atoms with Crippen molar-refractivity contribution in [1.29, 1.82) is 0 Å². The fraction of sp³-hybridized carbons (Fsp3) is 0.333. The molecule has 12 heteroatoms. The molecule has 0 saturated heterocycles. The Hall–Kier alpha value is -3.25. The maximum atomic E-state index is 13.9. The van der Waals surface area contributed by atoms with Gasteiger partial charge in [-0.3, -0.25) is 9.78 Å². The van der Waals surface area contributed by atoms with E-state index in [1.807, 2.05) is 24.3 Å². The highest BCUT2D eigenvalue weighted by molar-refractivity contribution is 7.92. The van der Waals surface area contributed by atoms with Crippen molar-refractivity contribution in [2.45, 2.75) is 41.4 Å². The van der Waals surface area contributed by atoms with Crippen LogP contribution in [0, 0.1) is 29.3 Å². The third kappa shape index (κ3) is 6.39. The number of anilines is 1. The van der Waals surface area contributed by atoms with Gasteiger partial charge in [-0.2, -0.15) is 0 Å². The molecule has 3 aromatic rings. The van der Waals surface area contributed by atoms with Gasteiger partial charge in [0.15, 0.2) is 27.3 Å². The van der Waals surface area contributed by atoms with Gasteiger partial charge in [-0.1, -0.05) is 23.8 Å². The van der Waals surface area contributed by atoms with Crippen molar-refractivity contribution >= 4 is 39.1 Å². The number of hydrogen-bond acceptors (Lipinski definition) is 6. The standard InChI is InChI=1S/C30H28ClF3N2O5S/c31-23-6-5-19(29(37)36-22-13-24(32)27(34)25(33)14-22)12-26(23)42(39,40)28-20-3-4-21(28)16-30(38,15-20)17-41-11-1-2-18-7-9-35-10-8-18/h1-2,5-10,12-14,20-21,28,38H,3-4,11,15-17H2,(H,36,37)/b2-1+. The summed E-state index contributed by atoms with van der Waals surface area (Å²) < 4.78 is 73.9. The molecule has 2 bridgehead atoms. The van der Waals surface area contributed by atoms with Crippen LogP contribution in [-0.2, 0) is 14.6 Å². The van der Waals surface area contributed by atoms with Crippen LogP contribution in [0.25, 0.3) is 6.08 Å². The van der Waals surface area contributed by atoms with Gasteiger partial charge in [-0.05, 0) is 73.4 Å². The molecular formula is C30H28ClF3N2O5S.